The first-order chi connectivity index (χ1) is 28.7. The van der Waals surface area contributed by atoms with Gasteiger partial charge in [-0.15, -0.1) is 0 Å². The molecule has 0 radical (unpaired) electrons. The van der Waals surface area contributed by atoms with Crippen LogP contribution in [0.3, 0.4) is 0 Å². The zero-order chi connectivity index (χ0) is 42.4. The van der Waals surface area contributed by atoms with E-state index in [0.717, 1.165) is 9.36 Å². The minimum absolute atomic E-state index is 0.151. The second-order valence-corrected chi connectivity index (χ2v) is 14.3. The van der Waals surface area contributed by atoms with E-state index >= 15 is 8.78 Å². The molecule has 0 N–H and O–H groups in total. The fraction of sp³-hybridized carbons (Fsp3) is 0.133. The molecule has 0 fully saturated rings. The predicted molar refractivity (Wildman–Crippen MR) is 220 cm³/mol. The minimum Gasteiger partial charge on any atom is -0.295 e. The van der Waals surface area contributed by atoms with Crippen LogP contribution >= 0.6 is 0 Å². The van der Waals surface area contributed by atoms with Gasteiger partial charge < -0.3 is 0 Å². The number of carbonyl (C=O) groups is 3. The molecule has 0 aliphatic heterocycles. The van der Waals surface area contributed by atoms with Gasteiger partial charge in [-0.2, -0.15) is 20.4 Å². The van der Waals surface area contributed by atoms with Gasteiger partial charge in [0.05, 0.1) is 34.8 Å². The summed E-state index contributed by atoms with van der Waals surface area (Å²) in [4.78, 5) is 38.4. The molecule has 0 bridgehead atoms. The quantitative estimate of drug-likeness (QED) is 0.126. The van der Waals surface area contributed by atoms with Crippen molar-refractivity contribution < 1.29 is 31.9 Å². The van der Waals surface area contributed by atoms with Crippen molar-refractivity contribution in [3.05, 3.63) is 143 Å². The molecule has 11 nitrogen and oxygen atoms in total. The van der Waals surface area contributed by atoms with Crippen LogP contribution in [0.5, 0.6) is 0 Å². The maximum absolute atomic E-state index is 16.0. The zero-order valence-electron chi connectivity index (χ0n) is 32.5. The summed E-state index contributed by atoms with van der Waals surface area (Å²) in [7, 11) is 0. The number of halogens is 4. The van der Waals surface area contributed by atoms with E-state index in [0.29, 0.717) is 44.4 Å². The molecule has 2 unspecified atom stereocenters. The summed E-state index contributed by atoms with van der Waals surface area (Å²) in [5.41, 5.74) is 3.66. The molecule has 0 saturated heterocycles. The van der Waals surface area contributed by atoms with Crippen molar-refractivity contribution in [2.24, 2.45) is 0 Å². The highest BCUT2D eigenvalue weighted by atomic mass is 19.1. The van der Waals surface area contributed by atoms with Crippen LogP contribution in [0.25, 0.3) is 68.4 Å². The summed E-state index contributed by atoms with van der Waals surface area (Å²) in [6, 6.07) is 15.2. The van der Waals surface area contributed by atoms with Crippen molar-refractivity contribution in [3.63, 3.8) is 0 Å². The predicted octanol–water partition coefficient (Wildman–Crippen LogP) is 9.72. The van der Waals surface area contributed by atoms with Crippen LogP contribution in [-0.2, 0) is 4.79 Å². The molecule has 0 spiro atoms. The monoisotopic (exact) mass is 810 g/mol. The molecule has 60 heavy (non-hydrogen) atoms. The Balaban J connectivity index is 1.21. The number of fused-ring (bicyclic) bond motifs is 2. The number of rotatable bonds is 10. The van der Waals surface area contributed by atoms with Crippen molar-refractivity contribution in [1.29, 1.82) is 0 Å². The highest BCUT2D eigenvalue weighted by Gasteiger charge is 2.29. The Labute approximate surface area is 339 Å². The van der Waals surface area contributed by atoms with E-state index in [-0.39, 0.29) is 34.0 Å². The van der Waals surface area contributed by atoms with E-state index in [1.165, 1.54) is 84.4 Å². The summed E-state index contributed by atoms with van der Waals surface area (Å²) in [6.07, 6.45) is 12.4. The van der Waals surface area contributed by atoms with Crippen molar-refractivity contribution in [2.75, 3.05) is 0 Å². The Bertz CT molecular complexity index is 2840. The SMILES string of the molecule is CC(=O)n1cc(-c2cc3c(/C=C/c4ccc(F)cc4)nn(C(C)C(=O)C(C)n4nc(/C=C/c5ccc(F)cc5)c5cc(-c6cnn(C(C)=O)c6)c(F)cc54)c3cc2F)cn1. The number of hydrogen-bond donors (Lipinski definition) is 0. The summed E-state index contributed by atoms with van der Waals surface area (Å²) in [5.74, 6) is -3.21. The third kappa shape index (κ3) is 7.48. The Morgan fingerprint density at radius 2 is 0.950 bits per heavy atom. The average Bonchev–Trinajstić information content (AvgIpc) is 4.05. The second-order valence-electron chi connectivity index (χ2n) is 14.3. The number of aromatic nitrogens is 8. The minimum atomic E-state index is -1.01. The number of hydrogen-bond acceptors (Lipinski definition) is 7. The first kappa shape index (κ1) is 39.3. The lowest BCUT2D eigenvalue weighted by molar-refractivity contribution is -0.124. The Morgan fingerprint density at radius 3 is 1.30 bits per heavy atom. The molecule has 4 aromatic heterocycles. The normalized spacial score (nSPS) is 12.9. The first-order valence-corrected chi connectivity index (χ1v) is 18.7. The van der Waals surface area contributed by atoms with Crippen molar-refractivity contribution in [3.8, 4) is 22.3 Å². The molecule has 0 saturated carbocycles. The molecule has 15 heteroatoms. The number of ketones is 1. The summed E-state index contributed by atoms with van der Waals surface area (Å²) in [6.45, 7) is 5.90. The highest BCUT2D eigenvalue weighted by Crippen LogP contribution is 2.35. The van der Waals surface area contributed by atoms with Gasteiger partial charge in [0.1, 0.15) is 35.4 Å². The smallest absolute Gasteiger partial charge is 0.243 e. The van der Waals surface area contributed by atoms with E-state index in [9.17, 15) is 23.2 Å². The van der Waals surface area contributed by atoms with E-state index in [2.05, 4.69) is 10.2 Å². The number of nitrogens with zero attached hydrogens (tertiary/aromatic N) is 8. The number of carbonyl (C=O) groups excluding carboxylic acids is 3. The maximum Gasteiger partial charge on any atom is 0.243 e. The Morgan fingerprint density at radius 1 is 0.567 bits per heavy atom. The molecule has 300 valence electrons. The average molecular weight is 811 g/mol. The molecule has 4 aromatic carbocycles. The van der Waals surface area contributed by atoms with E-state index in [1.807, 2.05) is 0 Å². The molecular formula is C45H34F4N8O3. The third-order valence-corrected chi connectivity index (χ3v) is 10.2. The lowest BCUT2D eigenvalue weighted by Gasteiger charge is -2.19. The van der Waals surface area contributed by atoms with Crippen LogP contribution in [0, 0.1) is 23.3 Å². The van der Waals surface area contributed by atoms with Gasteiger partial charge in [0.15, 0.2) is 5.78 Å². The zero-order valence-corrected chi connectivity index (χ0v) is 32.5. The molecule has 0 aliphatic carbocycles. The van der Waals surface area contributed by atoms with Crippen LogP contribution < -0.4 is 0 Å². The molecule has 8 aromatic rings. The molecule has 0 amide bonds. The van der Waals surface area contributed by atoms with Crippen molar-refractivity contribution in [1.82, 2.24) is 39.1 Å². The van der Waals surface area contributed by atoms with Gasteiger partial charge in [0.25, 0.3) is 0 Å². The highest BCUT2D eigenvalue weighted by molar-refractivity contribution is 5.97. The van der Waals surface area contributed by atoms with Crippen LogP contribution in [0.2, 0.25) is 0 Å². The van der Waals surface area contributed by atoms with Gasteiger partial charge in [-0.25, -0.2) is 26.9 Å². The molecular weight excluding hydrogens is 777 g/mol. The van der Waals surface area contributed by atoms with Crippen LogP contribution in [0.15, 0.2) is 97.6 Å². The topological polar surface area (TPSA) is 122 Å². The second kappa shape index (κ2) is 15.7. The fourth-order valence-corrected chi connectivity index (χ4v) is 7.00. The van der Waals surface area contributed by atoms with Crippen molar-refractivity contribution in [2.45, 2.75) is 39.8 Å². The van der Waals surface area contributed by atoms with Crippen molar-refractivity contribution >= 4 is 63.7 Å². The third-order valence-electron chi connectivity index (χ3n) is 10.2. The standard InChI is InChI=1S/C45H34F4N8O3/c1-25(56-43-19-39(48)35(31-21-50-54(23-31)27(3)58)17-37(43)41(52-56)15-9-29-5-11-33(46)12-6-29)45(60)26(2)57-44-20-40(49)36(32-22-51-55(24-32)28(4)59)18-38(44)42(53-57)16-10-30-7-13-34(47)14-8-30/h5-26H,1-4H3/b15-9+,16-10+. The van der Waals surface area contributed by atoms with Gasteiger partial charge in [-0.3, -0.25) is 23.7 Å². The van der Waals surface area contributed by atoms with Gasteiger partial charge in [-0.1, -0.05) is 36.4 Å². The number of benzene rings is 4. The van der Waals surface area contributed by atoms with Gasteiger partial charge >= 0.3 is 0 Å². The van der Waals surface area contributed by atoms with Gasteiger partial charge in [0, 0.05) is 71.4 Å². The molecule has 0 aliphatic rings. The Hall–Kier alpha value is -7.55. The maximum atomic E-state index is 16.0. The summed E-state index contributed by atoms with van der Waals surface area (Å²) >= 11 is 0. The molecule has 2 atom stereocenters. The lowest BCUT2D eigenvalue weighted by atomic mass is 10.0. The van der Waals surface area contributed by atoms with E-state index in [4.69, 9.17) is 10.2 Å². The molecule has 4 heterocycles. The van der Waals surface area contributed by atoms with Gasteiger partial charge in [0.2, 0.25) is 11.8 Å². The van der Waals surface area contributed by atoms with Crippen LogP contribution in [0.1, 0.15) is 71.9 Å². The van der Waals surface area contributed by atoms with Gasteiger partial charge in [-0.05, 0) is 73.5 Å². The lowest BCUT2D eigenvalue weighted by Crippen LogP contribution is -2.26. The fourth-order valence-electron chi connectivity index (χ4n) is 7.00. The van der Waals surface area contributed by atoms with Crippen LogP contribution in [-0.4, -0.2) is 56.7 Å². The summed E-state index contributed by atoms with van der Waals surface area (Å²) in [5, 5.41) is 18.6. The number of Topliss-reactive ketones (excluding diaryl/α,β-unsaturated/α-hetero) is 1. The van der Waals surface area contributed by atoms with Crippen LogP contribution in [0.4, 0.5) is 17.6 Å². The Kier molecular flexibility index (Phi) is 10.3. The van der Waals surface area contributed by atoms with E-state index in [1.54, 1.807) is 74.5 Å². The van der Waals surface area contributed by atoms with E-state index < -0.39 is 41.1 Å². The first-order valence-electron chi connectivity index (χ1n) is 18.7. The molecule has 8 rings (SSSR count). The largest absolute Gasteiger partial charge is 0.295 e. The summed E-state index contributed by atoms with van der Waals surface area (Å²) < 4.78 is 64.4.